The molecule has 0 aromatic carbocycles. The lowest BCUT2D eigenvalue weighted by molar-refractivity contribution is -0.0852. The SMILES string of the molecule is C=CCOC[C@@H]1CC[C@@H]2[C@@H]1OCCN2CC1CC1. The van der Waals surface area contributed by atoms with E-state index in [2.05, 4.69) is 11.5 Å². The van der Waals surface area contributed by atoms with Crippen molar-refractivity contribution in [2.24, 2.45) is 11.8 Å². The van der Waals surface area contributed by atoms with E-state index in [-0.39, 0.29) is 0 Å². The summed E-state index contributed by atoms with van der Waals surface area (Å²) < 4.78 is 11.7. The predicted octanol–water partition coefficient (Wildman–Crippen LogP) is 2.08. The summed E-state index contributed by atoms with van der Waals surface area (Å²) >= 11 is 0. The predicted molar refractivity (Wildman–Crippen MR) is 71.6 cm³/mol. The Morgan fingerprint density at radius 1 is 1.28 bits per heavy atom. The lowest BCUT2D eigenvalue weighted by Gasteiger charge is -2.39. The molecule has 2 saturated carbocycles. The van der Waals surface area contributed by atoms with Gasteiger partial charge in [0.1, 0.15) is 0 Å². The Hall–Kier alpha value is -0.380. The maximum atomic E-state index is 6.03. The largest absolute Gasteiger partial charge is 0.377 e. The normalized spacial score (nSPS) is 36.6. The maximum absolute atomic E-state index is 6.03. The number of hydrogen-bond donors (Lipinski definition) is 0. The minimum Gasteiger partial charge on any atom is -0.377 e. The van der Waals surface area contributed by atoms with Gasteiger partial charge in [-0.15, -0.1) is 6.58 Å². The Bertz CT molecular complexity index is 290. The molecule has 3 nitrogen and oxygen atoms in total. The summed E-state index contributed by atoms with van der Waals surface area (Å²) in [5.41, 5.74) is 0. The average Bonchev–Trinajstić information content (AvgIpc) is 3.10. The smallest absolute Gasteiger partial charge is 0.0780 e. The highest BCUT2D eigenvalue weighted by atomic mass is 16.5. The molecular formula is C15H25NO2. The summed E-state index contributed by atoms with van der Waals surface area (Å²) in [6.45, 7) is 8.55. The first-order valence-electron chi connectivity index (χ1n) is 7.43. The molecule has 3 fully saturated rings. The second-order valence-electron chi connectivity index (χ2n) is 6.00. The van der Waals surface area contributed by atoms with Crippen LogP contribution < -0.4 is 0 Å². The zero-order chi connectivity index (χ0) is 12.4. The molecule has 18 heavy (non-hydrogen) atoms. The van der Waals surface area contributed by atoms with Crippen molar-refractivity contribution in [1.82, 2.24) is 4.90 Å². The van der Waals surface area contributed by atoms with E-state index in [0.29, 0.717) is 24.7 Å². The van der Waals surface area contributed by atoms with Gasteiger partial charge in [0.15, 0.2) is 0 Å². The van der Waals surface area contributed by atoms with Gasteiger partial charge in [-0.3, -0.25) is 4.90 Å². The highest BCUT2D eigenvalue weighted by molar-refractivity contribution is 4.96. The molecule has 2 aliphatic carbocycles. The highest BCUT2D eigenvalue weighted by Gasteiger charge is 2.43. The molecule has 102 valence electrons. The average molecular weight is 251 g/mol. The standard InChI is InChI=1S/C15H25NO2/c1-2-8-17-11-13-5-6-14-15(13)18-9-7-16(14)10-12-3-4-12/h2,12-15H,1,3-11H2/t13-,14+,15+/m0/s1. The van der Waals surface area contributed by atoms with Crippen molar-refractivity contribution in [3.05, 3.63) is 12.7 Å². The lowest BCUT2D eigenvalue weighted by Crippen LogP contribution is -2.51. The van der Waals surface area contributed by atoms with Gasteiger partial charge in [0.25, 0.3) is 0 Å². The lowest BCUT2D eigenvalue weighted by atomic mass is 10.0. The third kappa shape index (κ3) is 2.79. The first kappa shape index (κ1) is 12.6. The quantitative estimate of drug-likeness (QED) is 0.533. The molecule has 0 N–H and O–H groups in total. The van der Waals surface area contributed by atoms with Gasteiger partial charge in [0.05, 0.1) is 25.9 Å². The molecule has 0 amide bonds. The van der Waals surface area contributed by atoms with Crippen molar-refractivity contribution < 1.29 is 9.47 Å². The van der Waals surface area contributed by atoms with Crippen molar-refractivity contribution in [2.45, 2.75) is 37.8 Å². The Morgan fingerprint density at radius 3 is 2.94 bits per heavy atom. The Balaban J connectivity index is 1.53. The van der Waals surface area contributed by atoms with E-state index in [1.54, 1.807) is 0 Å². The molecule has 3 rings (SSSR count). The van der Waals surface area contributed by atoms with Gasteiger partial charge in [0, 0.05) is 25.0 Å². The molecule has 0 spiro atoms. The molecule has 0 radical (unpaired) electrons. The van der Waals surface area contributed by atoms with Crippen LogP contribution in [0.2, 0.25) is 0 Å². The van der Waals surface area contributed by atoms with Gasteiger partial charge in [0.2, 0.25) is 0 Å². The molecule has 1 saturated heterocycles. The molecule has 1 heterocycles. The van der Waals surface area contributed by atoms with E-state index in [0.717, 1.165) is 25.7 Å². The van der Waals surface area contributed by atoms with Gasteiger partial charge in [-0.05, 0) is 31.6 Å². The number of rotatable bonds is 6. The monoisotopic (exact) mass is 251 g/mol. The summed E-state index contributed by atoms with van der Waals surface area (Å²) in [6.07, 6.45) is 7.68. The third-order valence-electron chi connectivity index (χ3n) is 4.59. The Kier molecular flexibility index (Phi) is 4.02. The van der Waals surface area contributed by atoms with E-state index in [1.165, 1.54) is 32.2 Å². The zero-order valence-electron chi connectivity index (χ0n) is 11.2. The fourth-order valence-electron chi connectivity index (χ4n) is 3.48. The van der Waals surface area contributed by atoms with Crippen molar-refractivity contribution in [2.75, 3.05) is 32.9 Å². The van der Waals surface area contributed by atoms with Crippen molar-refractivity contribution in [3.8, 4) is 0 Å². The first-order valence-corrected chi connectivity index (χ1v) is 7.43. The summed E-state index contributed by atoms with van der Waals surface area (Å²) in [4.78, 5) is 2.69. The minimum atomic E-state index is 0.419. The highest BCUT2D eigenvalue weighted by Crippen LogP contribution is 2.38. The number of ether oxygens (including phenoxy) is 2. The van der Waals surface area contributed by atoms with E-state index < -0.39 is 0 Å². The van der Waals surface area contributed by atoms with E-state index in [9.17, 15) is 0 Å². The summed E-state index contributed by atoms with van der Waals surface area (Å²) in [6, 6.07) is 0.664. The fourth-order valence-corrected chi connectivity index (χ4v) is 3.48. The topological polar surface area (TPSA) is 21.7 Å². The van der Waals surface area contributed by atoms with Gasteiger partial charge in [-0.2, -0.15) is 0 Å². The molecule has 3 aliphatic rings. The van der Waals surface area contributed by atoms with E-state index in [1.807, 2.05) is 6.08 Å². The van der Waals surface area contributed by atoms with Crippen molar-refractivity contribution in [1.29, 1.82) is 0 Å². The van der Waals surface area contributed by atoms with Gasteiger partial charge in [-0.1, -0.05) is 6.08 Å². The third-order valence-corrected chi connectivity index (χ3v) is 4.59. The Morgan fingerprint density at radius 2 is 2.17 bits per heavy atom. The van der Waals surface area contributed by atoms with E-state index >= 15 is 0 Å². The van der Waals surface area contributed by atoms with Crippen LogP contribution >= 0.6 is 0 Å². The Labute approximate surface area is 110 Å². The van der Waals surface area contributed by atoms with Crippen LogP contribution in [-0.2, 0) is 9.47 Å². The number of hydrogen-bond acceptors (Lipinski definition) is 3. The molecule has 1 aliphatic heterocycles. The van der Waals surface area contributed by atoms with Crippen LogP contribution in [0.25, 0.3) is 0 Å². The summed E-state index contributed by atoms with van der Waals surface area (Å²) in [5.74, 6) is 1.58. The van der Waals surface area contributed by atoms with Gasteiger partial charge < -0.3 is 9.47 Å². The van der Waals surface area contributed by atoms with Crippen LogP contribution in [0.1, 0.15) is 25.7 Å². The molecule has 3 heteroatoms. The van der Waals surface area contributed by atoms with Crippen LogP contribution in [0.3, 0.4) is 0 Å². The zero-order valence-corrected chi connectivity index (χ0v) is 11.2. The number of nitrogens with zero attached hydrogens (tertiary/aromatic N) is 1. The molecule has 3 atom stereocenters. The van der Waals surface area contributed by atoms with Gasteiger partial charge >= 0.3 is 0 Å². The van der Waals surface area contributed by atoms with Crippen LogP contribution in [0, 0.1) is 11.8 Å². The molecule has 0 bridgehead atoms. The fraction of sp³-hybridized carbons (Fsp3) is 0.867. The first-order chi connectivity index (χ1) is 8.88. The second kappa shape index (κ2) is 5.72. The maximum Gasteiger partial charge on any atom is 0.0780 e. The van der Waals surface area contributed by atoms with Crippen LogP contribution in [0.15, 0.2) is 12.7 Å². The van der Waals surface area contributed by atoms with Crippen molar-refractivity contribution >= 4 is 0 Å². The number of fused-ring (bicyclic) bond motifs is 1. The second-order valence-corrected chi connectivity index (χ2v) is 6.00. The van der Waals surface area contributed by atoms with Crippen LogP contribution in [0.4, 0.5) is 0 Å². The minimum absolute atomic E-state index is 0.419. The molecule has 0 unspecified atom stereocenters. The molecule has 0 aromatic rings. The molecule has 0 aromatic heterocycles. The molecular weight excluding hydrogens is 226 g/mol. The number of morpholine rings is 1. The van der Waals surface area contributed by atoms with Gasteiger partial charge in [-0.25, -0.2) is 0 Å². The summed E-state index contributed by atoms with van der Waals surface area (Å²) in [5, 5.41) is 0. The van der Waals surface area contributed by atoms with Crippen LogP contribution in [-0.4, -0.2) is 50.0 Å². The van der Waals surface area contributed by atoms with Crippen LogP contribution in [0.5, 0.6) is 0 Å². The van der Waals surface area contributed by atoms with E-state index in [4.69, 9.17) is 9.47 Å². The summed E-state index contributed by atoms with van der Waals surface area (Å²) in [7, 11) is 0. The van der Waals surface area contributed by atoms with Crippen molar-refractivity contribution in [3.63, 3.8) is 0 Å².